The highest BCUT2D eigenvalue weighted by molar-refractivity contribution is 5.75. The molecule has 3 nitrogen and oxygen atoms in total. The van der Waals surface area contributed by atoms with Crippen molar-refractivity contribution in [1.82, 2.24) is 5.32 Å². The summed E-state index contributed by atoms with van der Waals surface area (Å²) in [5.41, 5.74) is 0. The van der Waals surface area contributed by atoms with E-state index < -0.39 is 0 Å². The zero-order chi connectivity index (χ0) is 9.52. The molecule has 1 aromatic heterocycles. The van der Waals surface area contributed by atoms with Gasteiger partial charge in [0.05, 0.1) is 6.42 Å². The van der Waals surface area contributed by atoms with Gasteiger partial charge in [-0.3, -0.25) is 4.79 Å². The molecule has 1 rings (SSSR count). The Balaban J connectivity index is 2.31. The average molecular weight is 179 g/mol. The number of amides is 1. The topological polar surface area (TPSA) is 33.0 Å². The average Bonchev–Trinajstić information content (AvgIpc) is 2.17. The molecule has 0 unspecified atom stereocenters. The summed E-state index contributed by atoms with van der Waals surface area (Å²) in [6, 6.07) is 5.87. The molecule has 0 saturated heterocycles. The van der Waals surface area contributed by atoms with Crippen LogP contribution < -0.4 is 9.88 Å². The van der Waals surface area contributed by atoms with Gasteiger partial charge in [-0.1, -0.05) is 6.07 Å². The summed E-state index contributed by atoms with van der Waals surface area (Å²) in [7, 11) is 0. The number of pyridine rings is 1. The second kappa shape index (κ2) is 5.30. The first-order chi connectivity index (χ1) is 6.33. The fraction of sp³-hybridized carbons (Fsp3) is 0.400. The molecule has 1 aromatic rings. The number of nitrogens with zero attached hydrogens (tertiary/aromatic N) is 1. The minimum absolute atomic E-state index is 0.110. The van der Waals surface area contributed by atoms with Gasteiger partial charge in [0.1, 0.15) is 0 Å². The molecule has 1 N–H and O–H groups in total. The molecule has 0 atom stereocenters. The number of hydrogen-bond acceptors (Lipinski definition) is 1. The second-order valence-electron chi connectivity index (χ2n) is 2.82. The summed E-state index contributed by atoms with van der Waals surface area (Å²) in [5.74, 6) is 0.110. The third kappa shape index (κ3) is 3.69. The Morgan fingerprint density at radius 1 is 1.31 bits per heavy atom. The van der Waals surface area contributed by atoms with Crippen molar-refractivity contribution in [2.24, 2.45) is 0 Å². The summed E-state index contributed by atoms with van der Waals surface area (Å²) in [6.45, 7) is 3.37. The summed E-state index contributed by atoms with van der Waals surface area (Å²) in [5, 5.41) is 2.76. The molecule has 0 fully saturated rings. The normalized spacial score (nSPS) is 9.62. The number of hydrogen-bond donors (Lipinski definition) is 1. The summed E-state index contributed by atoms with van der Waals surface area (Å²) in [6.07, 6.45) is 4.46. The Hall–Kier alpha value is -1.38. The van der Waals surface area contributed by atoms with Gasteiger partial charge < -0.3 is 5.32 Å². The zero-order valence-corrected chi connectivity index (χ0v) is 7.86. The molecule has 0 spiro atoms. The van der Waals surface area contributed by atoms with E-state index in [1.807, 2.05) is 42.1 Å². The van der Waals surface area contributed by atoms with Crippen molar-refractivity contribution in [2.75, 3.05) is 6.54 Å². The maximum Gasteiger partial charge on any atom is 0.226 e. The van der Waals surface area contributed by atoms with Gasteiger partial charge in [0.15, 0.2) is 18.9 Å². The molecule has 0 aromatic carbocycles. The maximum atomic E-state index is 11.1. The minimum atomic E-state index is 0.110. The van der Waals surface area contributed by atoms with E-state index in [0.717, 1.165) is 6.54 Å². The highest BCUT2D eigenvalue weighted by Crippen LogP contribution is 1.82. The van der Waals surface area contributed by atoms with Crippen LogP contribution in [0.4, 0.5) is 0 Å². The van der Waals surface area contributed by atoms with Gasteiger partial charge in [0.2, 0.25) is 5.91 Å². The smallest absolute Gasteiger partial charge is 0.226 e. The minimum Gasteiger partial charge on any atom is -0.356 e. The molecular formula is C10H15N2O+. The molecule has 3 heteroatoms. The van der Waals surface area contributed by atoms with Crippen molar-refractivity contribution in [3.05, 3.63) is 30.6 Å². The van der Waals surface area contributed by atoms with Crippen LogP contribution in [0.15, 0.2) is 30.6 Å². The molecule has 0 bridgehead atoms. The first kappa shape index (κ1) is 9.71. The fourth-order valence-electron chi connectivity index (χ4n) is 1.10. The second-order valence-corrected chi connectivity index (χ2v) is 2.82. The van der Waals surface area contributed by atoms with Crippen LogP contribution in [0.3, 0.4) is 0 Å². The van der Waals surface area contributed by atoms with E-state index in [0.29, 0.717) is 13.0 Å². The summed E-state index contributed by atoms with van der Waals surface area (Å²) < 4.78 is 2.00. The van der Waals surface area contributed by atoms with Crippen LogP contribution in [0, 0.1) is 0 Å². The Bertz CT molecular complexity index is 259. The van der Waals surface area contributed by atoms with Gasteiger partial charge in [0.25, 0.3) is 0 Å². The van der Waals surface area contributed by atoms with E-state index in [4.69, 9.17) is 0 Å². The molecule has 0 aliphatic heterocycles. The molecule has 70 valence electrons. The Kier molecular flexibility index (Phi) is 3.96. The maximum absolute atomic E-state index is 11.1. The number of nitrogens with one attached hydrogen (secondary N) is 1. The first-order valence-corrected chi connectivity index (χ1v) is 4.53. The van der Waals surface area contributed by atoms with Crippen LogP contribution in [0.1, 0.15) is 13.3 Å². The molecule has 13 heavy (non-hydrogen) atoms. The van der Waals surface area contributed by atoms with E-state index in [2.05, 4.69) is 5.32 Å². The lowest BCUT2D eigenvalue weighted by Crippen LogP contribution is -2.36. The molecule has 0 radical (unpaired) electrons. The van der Waals surface area contributed by atoms with Crippen LogP contribution in [0.25, 0.3) is 0 Å². The molecule has 1 heterocycles. The van der Waals surface area contributed by atoms with Gasteiger partial charge in [0, 0.05) is 18.7 Å². The lowest BCUT2D eigenvalue weighted by molar-refractivity contribution is -0.695. The quantitative estimate of drug-likeness (QED) is 0.671. The van der Waals surface area contributed by atoms with E-state index in [-0.39, 0.29) is 5.91 Å². The van der Waals surface area contributed by atoms with Crippen molar-refractivity contribution in [3.63, 3.8) is 0 Å². The predicted octanol–water partition coefficient (Wildman–Crippen LogP) is 0.500. The summed E-state index contributed by atoms with van der Waals surface area (Å²) >= 11 is 0. The lowest BCUT2D eigenvalue weighted by Gasteiger charge is -1.98. The lowest BCUT2D eigenvalue weighted by atomic mass is 10.3. The van der Waals surface area contributed by atoms with Crippen LogP contribution in [0.5, 0.6) is 0 Å². The number of carbonyl (C=O) groups excluding carboxylic acids is 1. The van der Waals surface area contributed by atoms with Crippen LogP contribution in [-0.2, 0) is 11.3 Å². The fourth-order valence-corrected chi connectivity index (χ4v) is 1.10. The van der Waals surface area contributed by atoms with Crippen LogP contribution in [0.2, 0.25) is 0 Å². The number of aromatic nitrogens is 1. The Morgan fingerprint density at radius 3 is 2.62 bits per heavy atom. The molecule has 0 aliphatic rings. The molecule has 1 amide bonds. The van der Waals surface area contributed by atoms with E-state index in [9.17, 15) is 4.79 Å². The molecule has 0 aliphatic carbocycles. The monoisotopic (exact) mass is 179 g/mol. The predicted molar refractivity (Wildman–Crippen MR) is 49.9 cm³/mol. The van der Waals surface area contributed by atoms with E-state index in [1.165, 1.54) is 0 Å². The van der Waals surface area contributed by atoms with Crippen molar-refractivity contribution in [2.45, 2.75) is 19.9 Å². The van der Waals surface area contributed by atoms with Gasteiger partial charge >= 0.3 is 0 Å². The van der Waals surface area contributed by atoms with Gasteiger partial charge in [-0.25, -0.2) is 4.57 Å². The first-order valence-electron chi connectivity index (χ1n) is 4.53. The molecular weight excluding hydrogens is 164 g/mol. The van der Waals surface area contributed by atoms with Gasteiger partial charge in [-0.2, -0.15) is 0 Å². The highest BCUT2D eigenvalue weighted by atomic mass is 16.1. The van der Waals surface area contributed by atoms with Crippen molar-refractivity contribution >= 4 is 5.91 Å². The molecule has 0 saturated carbocycles. The number of rotatable bonds is 4. The zero-order valence-electron chi connectivity index (χ0n) is 7.86. The number of aryl methyl sites for hydroxylation is 1. The van der Waals surface area contributed by atoms with Gasteiger partial charge in [-0.05, 0) is 6.92 Å². The Labute approximate surface area is 78.4 Å². The standard InChI is InChI=1S/C10H14N2O/c1-2-11-10(13)6-9-12-7-4-3-5-8-12/h3-5,7-8H,2,6,9H2,1H3/p+1. The summed E-state index contributed by atoms with van der Waals surface area (Å²) in [4.78, 5) is 11.1. The largest absolute Gasteiger partial charge is 0.356 e. The Morgan fingerprint density at radius 2 is 2.00 bits per heavy atom. The SMILES string of the molecule is CCNC(=O)CC[n+]1ccccc1. The highest BCUT2D eigenvalue weighted by Gasteiger charge is 2.03. The van der Waals surface area contributed by atoms with Crippen LogP contribution >= 0.6 is 0 Å². The van der Waals surface area contributed by atoms with Crippen molar-refractivity contribution in [3.8, 4) is 0 Å². The van der Waals surface area contributed by atoms with Crippen LogP contribution in [-0.4, -0.2) is 12.5 Å². The van der Waals surface area contributed by atoms with Crippen molar-refractivity contribution in [1.29, 1.82) is 0 Å². The van der Waals surface area contributed by atoms with E-state index in [1.54, 1.807) is 0 Å². The van der Waals surface area contributed by atoms with Gasteiger partial charge in [-0.15, -0.1) is 0 Å². The number of carbonyl (C=O) groups is 1. The van der Waals surface area contributed by atoms with Crippen molar-refractivity contribution < 1.29 is 9.36 Å². The third-order valence-electron chi connectivity index (χ3n) is 1.75. The van der Waals surface area contributed by atoms with E-state index >= 15 is 0 Å². The third-order valence-corrected chi connectivity index (χ3v) is 1.75.